The molecule has 0 aromatic carbocycles. The molecule has 2 fully saturated rings. The standard InChI is InChI=1S/C5H6N2O2/c8-4-2-1-3-6-5(9)7(3)4/h3H,1-2H2,(H,6,9). The van der Waals surface area contributed by atoms with Crippen molar-refractivity contribution >= 4 is 11.9 Å². The lowest BCUT2D eigenvalue weighted by atomic mass is 10.3. The third kappa shape index (κ3) is 0.426. The van der Waals surface area contributed by atoms with Crippen LogP contribution in [0.25, 0.3) is 0 Å². The number of carbonyl (C=O) groups excluding carboxylic acids is 2. The van der Waals surface area contributed by atoms with Crippen LogP contribution in [0, 0.1) is 0 Å². The highest BCUT2D eigenvalue weighted by Gasteiger charge is 2.44. The Kier molecular flexibility index (Phi) is 0.670. The van der Waals surface area contributed by atoms with E-state index in [1.165, 1.54) is 4.90 Å². The number of hydrogen-bond acceptors (Lipinski definition) is 2. The molecule has 0 aromatic heterocycles. The molecular formula is C5H6N2O2. The van der Waals surface area contributed by atoms with Crippen molar-refractivity contribution in [2.45, 2.75) is 19.0 Å². The lowest BCUT2D eigenvalue weighted by molar-refractivity contribution is -0.128. The third-order valence-corrected chi connectivity index (χ3v) is 1.72. The molecule has 1 unspecified atom stereocenters. The van der Waals surface area contributed by atoms with E-state index in [-0.39, 0.29) is 18.1 Å². The molecule has 0 saturated carbocycles. The van der Waals surface area contributed by atoms with E-state index in [1.54, 1.807) is 0 Å². The monoisotopic (exact) mass is 126 g/mol. The van der Waals surface area contributed by atoms with Crippen LogP contribution >= 0.6 is 0 Å². The van der Waals surface area contributed by atoms with Crippen LogP contribution in [-0.2, 0) is 4.79 Å². The molecule has 0 spiro atoms. The number of amides is 3. The van der Waals surface area contributed by atoms with E-state index in [9.17, 15) is 9.59 Å². The molecule has 3 amide bonds. The van der Waals surface area contributed by atoms with Crippen LogP contribution in [-0.4, -0.2) is 23.0 Å². The molecule has 1 atom stereocenters. The highest BCUT2D eigenvalue weighted by Crippen LogP contribution is 2.22. The number of urea groups is 1. The van der Waals surface area contributed by atoms with Crippen LogP contribution in [0.15, 0.2) is 0 Å². The first-order valence-electron chi connectivity index (χ1n) is 2.91. The second kappa shape index (κ2) is 1.26. The SMILES string of the molecule is O=C1CCC2NC(=O)N12. The number of nitrogens with one attached hydrogen (secondary N) is 1. The maximum atomic E-state index is 10.7. The number of carbonyl (C=O) groups is 2. The highest BCUT2D eigenvalue weighted by molar-refractivity contribution is 6.00. The molecule has 0 bridgehead atoms. The molecule has 0 radical (unpaired) electrons. The van der Waals surface area contributed by atoms with E-state index >= 15 is 0 Å². The van der Waals surface area contributed by atoms with Crippen molar-refractivity contribution in [2.75, 3.05) is 0 Å². The fraction of sp³-hybridized carbons (Fsp3) is 0.600. The molecule has 0 aromatic rings. The lowest BCUT2D eigenvalue weighted by Crippen LogP contribution is -2.63. The first kappa shape index (κ1) is 4.78. The summed E-state index contributed by atoms with van der Waals surface area (Å²) in [5.74, 6) is -0.0382. The quantitative estimate of drug-likeness (QED) is 0.482. The number of nitrogens with zero attached hydrogens (tertiary/aromatic N) is 1. The maximum absolute atomic E-state index is 10.7. The van der Waals surface area contributed by atoms with Gasteiger partial charge in [-0.15, -0.1) is 0 Å². The van der Waals surface area contributed by atoms with Crippen LogP contribution in [0.4, 0.5) is 4.79 Å². The van der Waals surface area contributed by atoms with E-state index in [2.05, 4.69) is 5.32 Å². The Morgan fingerprint density at radius 2 is 2.33 bits per heavy atom. The molecule has 4 nitrogen and oxygen atoms in total. The van der Waals surface area contributed by atoms with Crippen molar-refractivity contribution in [1.82, 2.24) is 10.2 Å². The van der Waals surface area contributed by atoms with Gasteiger partial charge < -0.3 is 5.32 Å². The summed E-state index contributed by atoms with van der Waals surface area (Å²) in [5.41, 5.74) is 0. The van der Waals surface area contributed by atoms with Crippen LogP contribution in [0.1, 0.15) is 12.8 Å². The maximum Gasteiger partial charge on any atom is 0.327 e. The van der Waals surface area contributed by atoms with Gasteiger partial charge in [-0.3, -0.25) is 4.79 Å². The summed E-state index contributed by atoms with van der Waals surface area (Å²) in [5, 5.41) is 2.60. The summed E-state index contributed by atoms with van der Waals surface area (Å²) in [6.07, 6.45) is 1.33. The minimum atomic E-state index is -0.234. The Morgan fingerprint density at radius 3 is 2.78 bits per heavy atom. The Morgan fingerprint density at radius 1 is 1.56 bits per heavy atom. The first-order valence-corrected chi connectivity index (χ1v) is 2.91. The number of fused-ring (bicyclic) bond motifs is 1. The number of imide groups is 1. The molecule has 2 saturated heterocycles. The Hall–Kier alpha value is -1.06. The average Bonchev–Trinajstić information content (AvgIpc) is 2.04. The van der Waals surface area contributed by atoms with E-state index < -0.39 is 0 Å². The van der Waals surface area contributed by atoms with Gasteiger partial charge in [0.2, 0.25) is 5.91 Å². The second-order valence-corrected chi connectivity index (χ2v) is 2.27. The summed E-state index contributed by atoms with van der Waals surface area (Å²) < 4.78 is 0. The van der Waals surface area contributed by atoms with Gasteiger partial charge in [0, 0.05) is 6.42 Å². The van der Waals surface area contributed by atoms with Gasteiger partial charge in [-0.1, -0.05) is 0 Å². The number of hydrogen-bond donors (Lipinski definition) is 1. The molecule has 2 aliphatic heterocycles. The minimum absolute atomic E-state index is 0.0324. The van der Waals surface area contributed by atoms with Crippen LogP contribution in [0.3, 0.4) is 0 Å². The Balaban J connectivity index is 2.23. The fourth-order valence-electron chi connectivity index (χ4n) is 1.22. The van der Waals surface area contributed by atoms with Gasteiger partial charge in [0.15, 0.2) is 0 Å². The first-order chi connectivity index (χ1) is 4.29. The van der Waals surface area contributed by atoms with Crippen LogP contribution in [0.2, 0.25) is 0 Å². The Labute approximate surface area is 51.8 Å². The van der Waals surface area contributed by atoms with Crippen molar-refractivity contribution in [3.05, 3.63) is 0 Å². The fourth-order valence-corrected chi connectivity index (χ4v) is 1.22. The van der Waals surface area contributed by atoms with Crippen molar-refractivity contribution in [2.24, 2.45) is 0 Å². The van der Waals surface area contributed by atoms with Crippen molar-refractivity contribution in [3.63, 3.8) is 0 Å². The van der Waals surface area contributed by atoms with Crippen LogP contribution < -0.4 is 5.32 Å². The topological polar surface area (TPSA) is 49.4 Å². The van der Waals surface area contributed by atoms with Gasteiger partial charge >= 0.3 is 6.03 Å². The summed E-state index contributed by atoms with van der Waals surface area (Å²) in [7, 11) is 0. The normalized spacial score (nSPS) is 31.6. The van der Waals surface area contributed by atoms with E-state index in [1.807, 2.05) is 0 Å². The summed E-state index contributed by atoms with van der Waals surface area (Å²) in [6, 6.07) is -0.234. The lowest BCUT2D eigenvalue weighted by Gasteiger charge is -2.33. The summed E-state index contributed by atoms with van der Waals surface area (Å²) in [4.78, 5) is 22.5. The molecule has 2 aliphatic rings. The van der Waals surface area contributed by atoms with Gasteiger partial charge in [0.05, 0.1) is 0 Å². The Bertz CT molecular complexity index is 189. The molecular weight excluding hydrogens is 120 g/mol. The van der Waals surface area contributed by atoms with Gasteiger partial charge in [-0.2, -0.15) is 0 Å². The van der Waals surface area contributed by atoms with Gasteiger partial charge in [-0.05, 0) is 6.42 Å². The van der Waals surface area contributed by atoms with Crippen LogP contribution in [0.5, 0.6) is 0 Å². The average molecular weight is 126 g/mol. The second-order valence-electron chi connectivity index (χ2n) is 2.27. The molecule has 0 aliphatic carbocycles. The zero-order valence-electron chi connectivity index (χ0n) is 4.76. The van der Waals surface area contributed by atoms with Crippen molar-refractivity contribution in [3.8, 4) is 0 Å². The summed E-state index contributed by atoms with van der Waals surface area (Å²) in [6.45, 7) is 0. The molecule has 1 N–H and O–H groups in total. The third-order valence-electron chi connectivity index (χ3n) is 1.72. The predicted octanol–water partition coefficient (Wildman–Crippen LogP) is -0.342. The minimum Gasteiger partial charge on any atom is -0.317 e. The zero-order valence-corrected chi connectivity index (χ0v) is 4.76. The highest BCUT2D eigenvalue weighted by atomic mass is 16.2. The van der Waals surface area contributed by atoms with Crippen molar-refractivity contribution < 1.29 is 9.59 Å². The molecule has 4 heteroatoms. The van der Waals surface area contributed by atoms with Gasteiger partial charge in [0.25, 0.3) is 0 Å². The van der Waals surface area contributed by atoms with Crippen molar-refractivity contribution in [1.29, 1.82) is 0 Å². The molecule has 48 valence electrons. The number of rotatable bonds is 0. The molecule has 2 rings (SSSR count). The molecule has 2 heterocycles. The zero-order chi connectivity index (χ0) is 6.43. The van der Waals surface area contributed by atoms with Gasteiger partial charge in [0.1, 0.15) is 6.17 Å². The van der Waals surface area contributed by atoms with E-state index in [0.29, 0.717) is 6.42 Å². The largest absolute Gasteiger partial charge is 0.327 e. The molecule has 9 heavy (non-hydrogen) atoms. The van der Waals surface area contributed by atoms with Gasteiger partial charge in [-0.25, -0.2) is 9.69 Å². The van der Waals surface area contributed by atoms with E-state index in [0.717, 1.165) is 6.42 Å². The summed E-state index contributed by atoms with van der Waals surface area (Å²) >= 11 is 0. The predicted molar refractivity (Wildman–Crippen MR) is 28.4 cm³/mol. The van der Waals surface area contributed by atoms with E-state index in [4.69, 9.17) is 0 Å². The smallest absolute Gasteiger partial charge is 0.317 e.